The number of amides is 1. The van der Waals surface area contributed by atoms with Gasteiger partial charge in [-0.2, -0.15) is 0 Å². The number of hydrogen-bond acceptors (Lipinski definition) is 7. The van der Waals surface area contributed by atoms with E-state index in [9.17, 15) is 23.1 Å². The summed E-state index contributed by atoms with van der Waals surface area (Å²) in [5.74, 6) is -0.0104. The second kappa shape index (κ2) is 10.3. The number of aliphatic hydroxyl groups is 1. The molecule has 186 valence electrons. The minimum absolute atomic E-state index is 0.0159. The van der Waals surface area contributed by atoms with Gasteiger partial charge in [0.2, 0.25) is 0 Å². The minimum Gasteiger partial charge on any atom is -0.490 e. The number of pyridine rings is 1. The molecule has 0 saturated heterocycles. The summed E-state index contributed by atoms with van der Waals surface area (Å²) in [5.41, 5.74) is 2.58. The van der Waals surface area contributed by atoms with Crippen molar-refractivity contribution in [2.24, 2.45) is 5.92 Å². The molecule has 1 aliphatic carbocycles. The zero-order chi connectivity index (χ0) is 25.1. The van der Waals surface area contributed by atoms with Gasteiger partial charge in [-0.1, -0.05) is 19.1 Å². The van der Waals surface area contributed by atoms with Crippen molar-refractivity contribution < 1.29 is 28.3 Å². The number of rotatable bonds is 10. The van der Waals surface area contributed by atoms with E-state index in [0.29, 0.717) is 11.5 Å². The highest BCUT2D eigenvalue weighted by atomic mass is 32.2. The molecule has 1 unspecified atom stereocenters. The number of hydrogen-bond donors (Lipinski definition) is 3. The number of sulfone groups is 1. The second-order valence-electron chi connectivity index (χ2n) is 9.11. The topological polar surface area (TPSA) is 135 Å². The third kappa shape index (κ3) is 5.51. The van der Waals surface area contributed by atoms with E-state index < -0.39 is 20.5 Å². The quantitative estimate of drug-likeness (QED) is 0.342. The molecule has 0 bridgehead atoms. The fraction of sp³-hybridized carbons (Fsp3) is 0.500. The number of aromatic nitrogens is 1. The first kappa shape index (κ1) is 25.9. The molecule has 2 aromatic rings. The average molecular weight is 493 g/mol. The molecule has 1 amide bonds. The molecule has 9 nitrogen and oxygen atoms in total. The van der Waals surface area contributed by atoms with Crippen molar-refractivity contribution in [1.82, 2.24) is 10.0 Å². The maximum Gasteiger partial charge on any atom is 0.264 e. The van der Waals surface area contributed by atoms with E-state index in [-0.39, 0.29) is 30.7 Å². The fourth-order valence-corrected chi connectivity index (χ4v) is 4.90. The number of benzene rings is 1. The first-order valence-electron chi connectivity index (χ1n) is 11.3. The predicted molar refractivity (Wildman–Crippen MR) is 127 cm³/mol. The summed E-state index contributed by atoms with van der Waals surface area (Å²) in [4.78, 5) is 24.6. The second-order valence-corrected chi connectivity index (χ2v) is 11.6. The monoisotopic (exact) mass is 492 g/mol. The van der Waals surface area contributed by atoms with Gasteiger partial charge in [0.05, 0.1) is 12.2 Å². The van der Waals surface area contributed by atoms with Crippen LogP contribution in [0, 0.1) is 5.92 Å². The van der Waals surface area contributed by atoms with Crippen LogP contribution in [0.4, 0.5) is 0 Å². The number of carbonyl (C=O) groups is 1. The summed E-state index contributed by atoms with van der Waals surface area (Å²) < 4.78 is 29.6. The van der Waals surface area contributed by atoms with Crippen LogP contribution in [-0.4, -0.2) is 52.4 Å². The molecule has 3 N–H and O–H groups in total. The highest BCUT2D eigenvalue weighted by Crippen LogP contribution is 2.35. The van der Waals surface area contributed by atoms with Gasteiger partial charge in [0.25, 0.3) is 11.5 Å². The zero-order valence-electron chi connectivity index (χ0n) is 19.6. The molecule has 34 heavy (non-hydrogen) atoms. The lowest BCUT2D eigenvalue weighted by Gasteiger charge is -2.38. The van der Waals surface area contributed by atoms with Crippen molar-refractivity contribution in [1.29, 1.82) is 0 Å². The molecule has 1 aromatic carbocycles. The van der Waals surface area contributed by atoms with Crippen molar-refractivity contribution >= 4 is 15.7 Å². The van der Waals surface area contributed by atoms with E-state index in [1.54, 1.807) is 12.3 Å². The Morgan fingerprint density at radius 2 is 1.88 bits per heavy atom. The van der Waals surface area contributed by atoms with Gasteiger partial charge in [0.1, 0.15) is 5.75 Å². The van der Waals surface area contributed by atoms with Crippen LogP contribution in [0.1, 0.15) is 39.5 Å². The number of nitrogens with zero attached hydrogens (tertiary/aromatic N) is 1. The number of nitrogens with one attached hydrogen (secondary N) is 1. The summed E-state index contributed by atoms with van der Waals surface area (Å²) in [5, 5.41) is 18.8. The van der Waals surface area contributed by atoms with Gasteiger partial charge in [-0.15, -0.1) is 0 Å². The molecular weight excluding hydrogens is 460 g/mol. The van der Waals surface area contributed by atoms with Crippen molar-refractivity contribution in [3.8, 4) is 16.9 Å². The van der Waals surface area contributed by atoms with E-state index in [1.807, 2.05) is 31.2 Å². The van der Waals surface area contributed by atoms with E-state index in [0.717, 1.165) is 36.8 Å². The maximum absolute atomic E-state index is 12.6. The Labute approximate surface area is 199 Å². The molecule has 0 spiro atoms. The standard InChI is InChI=1S/C24H32N2O7S/c1-4-21(27)18-13-20(14-18)33-19-7-5-16(6-8-19)17-9-11-26(22(28)15-17)12-10-24(2,23(29)25-30)34(3,31)32/h5-9,11,15,18,20-21,27,30H,4,10,12-14H2,1-3H3,(H,25,29)/t18?,20?,21?,24-/m1/s1. The molecule has 2 atom stereocenters. The highest BCUT2D eigenvalue weighted by molar-refractivity contribution is 7.92. The van der Waals surface area contributed by atoms with Gasteiger partial charge < -0.3 is 14.4 Å². The van der Waals surface area contributed by atoms with Crippen LogP contribution >= 0.6 is 0 Å². The normalized spacial score (nSPS) is 20.6. The number of hydroxylamine groups is 1. The van der Waals surface area contributed by atoms with Crippen LogP contribution in [0.15, 0.2) is 47.4 Å². The first-order chi connectivity index (χ1) is 16.0. The Morgan fingerprint density at radius 1 is 1.24 bits per heavy atom. The Kier molecular flexibility index (Phi) is 7.84. The third-order valence-electron chi connectivity index (χ3n) is 6.81. The number of aliphatic hydroxyl groups excluding tert-OH is 1. The van der Waals surface area contributed by atoms with Crippen molar-refractivity contribution in [2.75, 3.05) is 6.26 Å². The summed E-state index contributed by atoms with van der Waals surface area (Å²) in [7, 11) is -3.84. The van der Waals surface area contributed by atoms with Crippen LogP contribution in [0.25, 0.3) is 11.1 Å². The van der Waals surface area contributed by atoms with E-state index in [1.165, 1.54) is 23.0 Å². The van der Waals surface area contributed by atoms with Crippen LogP contribution in [0.3, 0.4) is 0 Å². The first-order valence-corrected chi connectivity index (χ1v) is 13.2. The molecule has 10 heteroatoms. The predicted octanol–water partition coefficient (Wildman–Crippen LogP) is 2.14. The Balaban J connectivity index is 1.65. The molecule has 1 fully saturated rings. The number of aryl methyl sites for hydroxylation is 1. The van der Waals surface area contributed by atoms with E-state index in [2.05, 4.69) is 0 Å². The van der Waals surface area contributed by atoms with Crippen molar-refractivity contribution in [3.05, 3.63) is 52.9 Å². The van der Waals surface area contributed by atoms with Gasteiger partial charge in [-0.25, -0.2) is 13.9 Å². The number of ether oxygens (including phenoxy) is 1. The zero-order valence-corrected chi connectivity index (χ0v) is 20.4. The van der Waals surface area contributed by atoms with E-state index >= 15 is 0 Å². The van der Waals surface area contributed by atoms with Crippen LogP contribution in [0.2, 0.25) is 0 Å². The molecule has 3 rings (SSSR count). The van der Waals surface area contributed by atoms with Gasteiger partial charge in [-0.05, 0) is 67.9 Å². The fourth-order valence-electron chi connectivity index (χ4n) is 4.06. The smallest absolute Gasteiger partial charge is 0.264 e. The van der Waals surface area contributed by atoms with Gasteiger partial charge in [0.15, 0.2) is 14.6 Å². The summed E-state index contributed by atoms with van der Waals surface area (Å²) >= 11 is 0. The molecule has 0 aliphatic heterocycles. The number of carbonyl (C=O) groups excluding carboxylic acids is 1. The van der Waals surface area contributed by atoms with Gasteiger partial charge in [-0.3, -0.25) is 14.8 Å². The molecular formula is C24H32N2O7S. The largest absolute Gasteiger partial charge is 0.490 e. The average Bonchev–Trinajstić information content (AvgIpc) is 2.78. The lowest BCUT2D eigenvalue weighted by Crippen LogP contribution is -2.49. The van der Waals surface area contributed by atoms with E-state index in [4.69, 9.17) is 9.94 Å². The van der Waals surface area contributed by atoms with Crippen LogP contribution in [-0.2, 0) is 21.2 Å². The lowest BCUT2D eigenvalue weighted by molar-refractivity contribution is -0.131. The maximum atomic E-state index is 12.6. The molecule has 0 radical (unpaired) electrons. The third-order valence-corrected chi connectivity index (χ3v) is 8.84. The summed E-state index contributed by atoms with van der Waals surface area (Å²) in [6.45, 7) is 3.17. The molecule has 1 aliphatic rings. The highest BCUT2D eigenvalue weighted by Gasteiger charge is 2.43. The SMILES string of the molecule is CCC(O)C1CC(Oc2ccc(-c3ccn(CC[C@](C)(C(=O)NO)S(C)(=O)=O)c(=O)c3)cc2)C1. The Bertz CT molecular complexity index is 1170. The Morgan fingerprint density at radius 3 is 2.41 bits per heavy atom. The minimum atomic E-state index is -3.84. The van der Waals surface area contributed by atoms with Crippen LogP contribution < -0.4 is 15.8 Å². The van der Waals surface area contributed by atoms with Gasteiger partial charge >= 0.3 is 0 Å². The van der Waals surface area contributed by atoms with Crippen molar-refractivity contribution in [3.63, 3.8) is 0 Å². The van der Waals surface area contributed by atoms with Crippen LogP contribution in [0.5, 0.6) is 5.75 Å². The van der Waals surface area contributed by atoms with Gasteiger partial charge in [0, 0.05) is 25.1 Å². The Hall–Kier alpha value is -2.69. The molecule has 1 aromatic heterocycles. The molecule has 1 saturated carbocycles. The summed E-state index contributed by atoms with van der Waals surface area (Å²) in [6.07, 6.45) is 4.55. The summed E-state index contributed by atoms with van der Waals surface area (Å²) in [6, 6.07) is 10.6. The lowest BCUT2D eigenvalue weighted by atomic mass is 9.77. The van der Waals surface area contributed by atoms with Crippen molar-refractivity contribution in [2.45, 2.75) is 63.0 Å². The molecule has 1 heterocycles.